The van der Waals surface area contributed by atoms with Crippen LogP contribution in [-0.4, -0.2) is 85.1 Å². The molecule has 0 amide bonds. The molecule has 1 aliphatic heterocycles. The first kappa shape index (κ1) is 18.6. The van der Waals surface area contributed by atoms with E-state index in [0.29, 0.717) is 11.5 Å². The molecule has 1 saturated heterocycles. The highest BCUT2D eigenvalue weighted by Crippen LogP contribution is 2.29. The van der Waals surface area contributed by atoms with Crippen LogP contribution < -0.4 is 10.5 Å². The largest absolute Gasteiger partial charge is 0.394 e. The first-order valence-electron chi connectivity index (χ1n) is 8.00. The van der Waals surface area contributed by atoms with E-state index >= 15 is 0 Å². The molecule has 0 unspecified atom stereocenters. The molecule has 2 aromatic rings. The molecule has 2 aromatic heterocycles. The Morgan fingerprint density at radius 3 is 2.50 bits per heavy atom. The Morgan fingerprint density at radius 2 is 1.88 bits per heavy atom. The molecule has 0 aliphatic carbocycles. The van der Waals surface area contributed by atoms with Gasteiger partial charge in [-0.1, -0.05) is 0 Å². The minimum absolute atomic E-state index is 0.101. The standard InChI is InChI=1S/C15H21N5O6/c1-6-13(25)20(12-7(17-6)4-16-15(18-12)19(2)3)14-11(24)10(23)9(22)8(5-21)26-14/h4,8-11,14,21-24H,5H2,1-3H3/t8-,9-,10+,11-,14-/m1/s1. The Balaban J connectivity index is 2.23. The smallest absolute Gasteiger partial charge is 0.275 e. The van der Waals surface area contributed by atoms with E-state index in [9.17, 15) is 25.2 Å². The van der Waals surface area contributed by atoms with Crippen molar-refractivity contribution >= 4 is 17.1 Å². The van der Waals surface area contributed by atoms with Gasteiger partial charge in [-0.3, -0.25) is 9.36 Å². The van der Waals surface area contributed by atoms with Crippen LogP contribution in [0.1, 0.15) is 11.9 Å². The molecule has 11 nitrogen and oxygen atoms in total. The lowest BCUT2D eigenvalue weighted by molar-refractivity contribution is -0.251. The Hall–Kier alpha value is -2.18. The van der Waals surface area contributed by atoms with E-state index in [2.05, 4.69) is 15.0 Å². The molecule has 0 saturated carbocycles. The summed E-state index contributed by atoms with van der Waals surface area (Å²) in [6, 6.07) is 0. The summed E-state index contributed by atoms with van der Waals surface area (Å²) in [7, 11) is 3.44. The molecule has 5 atom stereocenters. The lowest BCUT2D eigenvalue weighted by atomic mass is 9.98. The fraction of sp³-hybridized carbons (Fsp3) is 0.600. The maximum atomic E-state index is 12.7. The Labute approximate surface area is 148 Å². The van der Waals surface area contributed by atoms with E-state index < -0.39 is 42.8 Å². The summed E-state index contributed by atoms with van der Waals surface area (Å²) < 4.78 is 6.58. The van der Waals surface area contributed by atoms with Crippen molar-refractivity contribution in [2.75, 3.05) is 25.6 Å². The molecular weight excluding hydrogens is 346 g/mol. The molecule has 3 rings (SSSR count). The van der Waals surface area contributed by atoms with Crippen LogP contribution in [0.2, 0.25) is 0 Å². The summed E-state index contributed by atoms with van der Waals surface area (Å²) in [4.78, 5) is 26.9. The second kappa shape index (κ2) is 6.85. The summed E-state index contributed by atoms with van der Waals surface area (Å²) in [5.41, 5.74) is -0.0609. The number of nitrogens with zero attached hydrogens (tertiary/aromatic N) is 5. The highest BCUT2D eigenvalue weighted by atomic mass is 16.6. The number of rotatable bonds is 3. The van der Waals surface area contributed by atoms with Crippen LogP contribution >= 0.6 is 0 Å². The van der Waals surface area contributed by atoms with E-state index in [-0.39, 0.29) is 11.3 Å². The number of hydrogen-bond donors (Lipinski definition) is 4. The second-order valence-corrected chi connectivity index (χ2v) is 6.37. The molecular formula is C15H21N5O6. The van der Waals surface area contributed by atoms with E-state index in [4.69, 9.17) is 4.74 Å². The van der Waals surface area contributed by atoms with Crippen molar-refractivity contribution in [2.24, 2.45) is 0 Å². The summed E-state index contributed by atoms with van der Waals surface area (Å²) in [6.07, 6.45) is -5.84. The molecule has 4 N–H and O–H groups in total. The van der Waals surface area contributed by atoms with Gasteiger partial charge in [-0.15, -0.1) is 0 Å². The van der Waals surface area contributed by atoms with Crippen LogP contribution in [0.5, 0.6) is 0 Å². The van der Waals surface area contributed by atoms with Crippen molar-refractivity contribution in [3.05, 3.63) is 22.2 Å². The van der Waals surface area contributed by atoms with Crippen molar-refractivity contribution in [3.8, 4) is 0 Å². The van der Waals surface area contributed by atoms with Gasteiger partial charge in [-0.25, -0.2) is 9.97 Å². The van der Waals surface area contributed by atoms with Gasteiger partial charge in [0.15, 0.2) is 11.9 Å². The summed E-state index contributed by atoms with van der Waals surface area (Å²) in [5.74, 6) is 0.306. The van der Waals surface area contributed by atoms with Crippen molar-refractivity contribution in [2.45, 2.75) is 37.6 Å². The molecule has 3 heterocycles. The number of aliphatic hydroxyl groups is 4. The van der Waals surface area contributed by atoms with Gasteiger partial charge in [-0.05, 0) is 6.92 Å². The Bertz CT molecular complexity index is 869. The molecule has 0 spiro atoms. The topological polar surface area (TPSA) is 154 Å². The number of aryl methyl sites for hydroxylation is 1. The van der Waals surface area contributed by atoms with Gasteiger partial charge >= 0.3 is 0 Å². The van der Waals surface area contributed by atoms with Gasteiger partial charge in [0.1, 0.15) is 35.6 Å². The zero-order valence-electron chi connectivity index (χ0n) is 14.5. The van der Waals surface area contributed by atoms with Crippen LogP contribution in [0.3, 0.4) is 0 Å². The predicted octanol–water partition coefficient (Wildman–Crippen LogP) is -2.47. The molecule has 0 bridgehead atoms. The van der Waals surface area contributed by atoms with Crippen molar-refractivity contribution in [1.82, 2.24) is 19.5 Å². The van der Waals surface area contributed by atoms with Gasteiger partial charge in [0, 0.05) is 14.1 Å². The zero-order chi connectivity index (χ0) is 19.2. The first-order valence-corrected chi connectivity index (χ1v) is 8.00. The highest BCUT2D eigenvalue weighted by molar-refractivity contribution is 5.70. The van der Waals surface area contributed by atoms with Crippen molar-refractivity contribution in [3.63, 3.8) is 0 Å². The Morgan fingerprint density at radius 1 is 1.19 bits per heavy atom. The lowest BCUT2D eigenvalue weighted by Crippen LogP contribution is -2.57. The summed E-state index contributed by atoms with van der Waals surface area (Å²) >= 11 is 0. The van der Waals surface area contributed by atoms with Crippen LogP contribution in [-0.2, 0) is 4.74 Å². The van der Waals surface area contributed by atoms with Gasteiger partial charge in [0.25, 0.3) is 5.56 Å². The molecule has 0 radical (unpaired) electrons. The third kappa shape index (κ3) is 2.93. The first-order chi connectivity index (χ1) is 12.3. The maximum absolute atomic E-state index is 12.7. The highest BCUT2D eigenvalue weighted by Gasteiger charge is 2.45. The monoisotopic (exact) mass is 367 g/mol. The second-order valence-electron chi connectivity index (χ2n) is 6.37. The lowest BCUT2D eigenvalue weighted by Gasteiger charge is -2.40. The minimum atomic E-state index is -1.62. The SMILES string of the molecule is Cc1nc2cnc(N(C)C)nc2n([C@@H]2O[C@H](CO)[C@@H](O)[C@H](O)[C@H]2O)c1=O. The van der Waals surface area contributed by atoms with Crippen LogP contribution in [0, 0.1) is 6.92 Å². The van der Waals surface area contributed by atoms with Gasteiger partial charge in [-0.2, -0.15) is 4.98 Å². The van der Waals surface area contributed by atoms with Gasteiger partial charge in [0.2, 0.25) is 5.95 Å². The quantitative estimate of drug-likeness (QED) is 0.459. The average Bonchev–Trinajstić information content (AvgIpc) is 2.61. The fourth-order valence-electron chi connectivity index (χ4n) is 2.86. The fourth-order valence-corrected chi connectivity index (χ4v) is 2.86. The number of ether oxygens (including phenoxy) is 1. The van der Waals surface area contributed by atoms with Crippen molar-refractivity contribution < 1.29 is 25.2 Å². The zero-order valence-corrected chi connectivity index (χ0v) is 14.5. The number of fused-ring (bicyclic) bond motifs is 1. The third-order valence-electron chi connectivity index (χ3n) is 4.30. The van der Waals surface area contributed by atoms with E-state index in [1.54, 1.807) is 19.0 Å². The van der Waals surface area contributed by atoms with Crippen LogP contribution in [0.15, 0.2) is 11.0 Å². The van der Waals surface area contributed by atoms with Crippen molar-refractivity contribution in [1.29, 1.82) is 0 Å². The van der Waals surface area contributed by atoms with Crippen LogP contribution in [0.4, 0.5) is 5.95 Å². The maximum Gasteiger partial charge on any atom is 0.275 e. The molecule has 0 aromatic carbocycles. The Kier molecular flexibility index (Phi) is 4.90. The molecule has 142 valence electrons. The molecule has 1 aliphatic rings. The molecule has 1 fully saturated rings. The van der Waals surface area contributed by atoms with E-state index in [1.165, 1.54) is 13.1 Å². The minimum Gasteiger partial charge on any atom is -0.394 e. The normalized spacial score (nSPS) is 29.1. The average molecular weight is 367 g/mol. The molecule has 11 heteroatoms. The summed E-state index contributed by atoms with van der Waals surface area (Å²) in [6.45, 7) is 0.887. The van der Waals surface area contributed by atoms with E-state index in [0.717, 1.165) is 4.57 Å². The van der Waals surface area contributed by atoms with Gasteiger partial charge < -0.3 is 30.1 Å². The predicted molar refractivity (Wildman–Crippen MR) is 89.7 cm³/mol. The number of hydrogen-bond acceptors (Lipinski definition) is 10. The number of aliphatic hydroxyl groups excluding tert-OH is 4. The van der Waals surface area contributed by atoms with Crippen LogP contribution in [0.25, 0.3) is 11.2 Å². The number of anilines is 1. The third-order valence-corrected chi connectivity index (χ3v) is 4.30. The van der Waals surface area contributed by atoms with Gasteiger partial charge in [0.05, 0.1) is 12.8 Å². The van der Waals surface area contributed by atoms with E-state index in [1.807, 2.05) is 0 Å². The number of aromatic nitrogens is 4. The molecule has 26 heavy (non-hydrogen) atoms. The summed E-state index contributed by atoms with van der Waals surface area (Å²) in [5, 5.41) is 39.7.